The van der Waals surface area contributed by atoms with Gasteiger partial charge in [0.2, 0.25) is 0 Å². The van der Waals surface area contributed by atoms with Gasteiger partial charge in [0.15, 0.2) is 6.29 Å². The summed E-state index contributed by atoms with van der Waals surface area (Å²) < 4.78 is 4.94. The van der Waals surface area contributed by atoms with Crippen molar-refractivity contribution in [2.24, 2.45) is 0 Å². The fraction of sp³-hybridized carbons (Fsp3) is 0.429. The molecule has 0 aliphatic carbocycles. The lowest BCUT2D eigenvalue weighted by Gasteiger charge is -2.32. The Labute approximate surface area is 101 Å². The second-order valence-electron chi connectivity index (χ2n) is 2.59. The predicted octanol–water partition coefficient (Wildman–Crippen LogP) is 2.61. The van der Waals surface area contributed by atoms with Crippen LogP contribution in [0, 0.1) is 0 Å². The van der Waals surface area contributed by atoms with Crippen LogP contribution in [0.4, 0.5) is 0 Å². The van der Waals surface area contributed by atoms with Gasteiger partial charge in [-0.1, -0.05) is 46.4 Å². The lowest BCUT2D eigenvalue weighted by molar-refractivity contribution is -0.134. The van der Waals surface area contributed by atoms with E-state index < -0.39 is 11.5 Å². The van der Waals surface area contributed by atoms with E-state index in [0.717, 1.165) is 0 Å². The number of nitrogens with one attached hydrogen (secondary N) is 1. The molecule has 0 aromatic heterocycles. The third kappa shape index (κ3) is 2.69. The summed E-state index contributed by atoms with van der Waals surface area (Å²) in [6.07, 6.45) is 0.251. The largest absolute Gasteiger partial charge is 0.368 e. The van der Waals surface area contributed by atoms with E-state index in [9.17, 15) is 0 Å². The molecule has 1 rings (SSSR count). The van der Waals surface area contributed by atoms with Crippen molar-refractivity contribution in [2.45, 2.75) is 18.4 Å². The summed E-state index contributed by atoms with van der Waals surface area (Å²) in [5.41, 5.74) is 0. The van der Waals surface area contributed by atoms with Gasteiger partial charge >= 0.3 is 0 Å². The van der Waals surface area contributed by atoms with Crippen LogP contribution in [0.5, 0.6) is 0 Å². The molecule has 0 radical (unpaired) electrons. The van der Waals surface area contributed by atoms with Gasteiger partial charge in [0.25, 0.3) is 5.18 Å². The number of halogens is 4. The monoisotopic (exact) mass is 277 g/mol. The van der Waals surface area contributed by atoms with Crippen LogP contribution in [-0.4, -0.2) is 16.6 Å². The van der Waals surface area contributed by atoms with E-state index in [0.29, 0.717) is 0 Å². The molecule has 0 aromatic carbocycles. The molecule has 14 heavy (non-hydrogen) atoms. The van der Waals surface area contributed by atoms with Gasteiger partial charge in [0.1, 0.15) is 5.16 Å². The average molecular weight is 279 g/mol. The molecular weight excluding hydrogens is 272 g/mol. The van der Waals surface area contributed by atoms with Crippen LogP contribution in [0.25, 0.3) is 0 Å². The Morgan fingerprint density at radius 3 is 2.57 bits per heavy atom. The van der Waals surface area contributed by atoms with E-state index in [1.165, 1.54) is 13.0 Å². The SMILES string of the molecule is CC(O)OC1(Cl)NC(Cl)=C(Cl)C=C1Cl. The van der Waals surface area contributed by atoms with Crippen molar-refractivity contribution in [3.8, 4) is 0 Å². The zero-order chi connectivity index (χ0) is 10.9. The first-order valence-corrected chi connectivity index (χ1v) is 5.12. The van der Waals surface area contributed by atoms with Gasteiger partial charge < -0.3 is 15.2 Å². The van der Waals surface area contributed by atoms with Crippen LogP contribution in [0.15, 0.2) is 21.3 Å². The molecule has 2 unspecified atom stereocenters. The van der Waals surface area contributed by atoms with E-state index in [-0.39, 0.29) is 15.2 Å². The molecule has 0 spiro atoms. The lowest BCUT2D eigenvalue weighted by Crippen LogP contribution is -2.45. The zero-order valence-electron chi connectivity index (χ0n) is 7.02. The molecule has 0 amide bonds. The minimum absolute atomic E-state index is 0.0921. The van der Waals surface area contributed by atoms with Crippen LogP contribution in [-0.2, 0) is 4.74 Å². The minimum atomic E-state index is -1.56. The van der Waals surface area contributed by atoms with Crippen molar-refractivity contribution in [3.63, 3.8) is 0 Å². The summed E-state index contributed by atoms with van der Waals surface area (Å²) in [7, 11) is 0. The number of dihydropyridines is 1. The summed E-state index contributed by atoms with van der Waals surface area (Å²) >= 11 is 23.1. The quantitative estimate of drug-likeness (QED) is 0.464. The van der Waals surface area contributed by atoms with E-state index >= 15 is 0 Å². The topological polar surface area (TPSA) is 41.5 Å². The normalized spacial score (nSPS) is 29.7. The highest BCUT2D eigenvalue weighted by molar-refractivity contribution is 6.44. The van der Waals surface area contributed by atoms with Crippen LogP contribution < -0.4 is 5.32 Å². The third-order valence-corrected chi connectivity index (χ3v) is 2.93. The van der Waals surface area contributed by atoms with E-state index in [1.807, 2.05) is 0 Å². The Morgan fingerprint density at radius 1 is 1.50 bits per heavy atom. The van der Waals surface area contributed by atoms with Crippen molar-refractivity contribution in [1.29, 1.82) is 0 Å². The van der Waals surface area contributed by atoms with Gasteiger partial charge in [-0.05, 0) is 13.0 Å². The molecule has 1 aliphatic rings. The molecule has 1 heterocycles. The second kappa shape index (κ2) is 4.47. The van der Waals surface area contributed by atoms with Crippen molar-refractivity contribution in [2.75, 3.05) is 0 Å². The smallest absolute Gasteiger partial charge is 0.257 e. The summed E-state index contributed by atoms with van der Waals surface area (Å²) in [5.74, 6) is 0. The number of allylic oxidation sites excluding steroid dienone is 2. The molecule has 0 saturated carbocycles. The minimum Gasteiger partial charge on any atom is -0.368 e. The molecule has 0 saturated heterocycles. The molecule has 0 bridgehead atoms. The Kier molecular flexibility index (Phi) is 3.97. The van der Waals surface area contributed by atoms with Crippen LogP contribution in [0.2, 0.25) is 0 Å². The van der Waals surface area contributed by atoms with Crippen molar-refractivity contribution < 1.29 is 9.84 Å². The molecule has 0 fully saturated rings. The molecule has 7 heteroatoms. The van der Waals surface area contributed by atoms with Gasteiger partial charge in [0.05, 0.1) is 10.1 Å². The van der Waals surface area contributed by atoms with Crippen molar-refractivity contribution >= 4 is 46.4 Å². The average Bonchev–Trinajstić information content (AvgIpc) is 1.99. The van der Waals surface area contributed by atoms with Gasteiger partial charge in [-0.2, -0.15) is 0 Å². The molecule has 3 nitrogen and oxygen atoms in total. The number of rotatable bonds is 2. The Balaban J connectivity index is 2.90. The van der Waals surface area contributed by atoms with E-state index in [2.05, 4.69) is 5.32 Å². The number of alkyl halides is 1. The maximum absolute atomic E-state index is 9.02. The third-order valence-electron chi connectivity index (χ3n) is 1.37. The zero-order valence-corrected chi connectivity index (χ0v) is 10.0. The highest BCUT2D eigenvalue weighted by atomic mass is 35.5. The van der Waals surface area contributed by atoms with Gasteiger partial charge in [0, 0.05) is 0 Å². The molecule has 2 atom stereocenters. The standard InChI is InChI=1S/C7H7Cl4NO2/c1-3(13)14-7(11)5(9)2-4(8)6(10)12-7/h2-3,12-13H,1H3. The first-order chi connectivity index (χ1) is 6.35. The fourth-order valence-corrected chi connectivity index (χ4v) is 1.78. The van der Waals surface area contributed by atoms with Gasteiger partial charge in [-0.15, -0.1) is 0 Å². The number of ether oxygens (including phenoxy) is 1. The van der Waals surface area contributed by atoms with Gasteiger partial charge in [-0.25, -0.2) is 0 Å². The molecule has 80 valence electrons. The highest BCUT2D eigenvalue weighted by Crippen LogP contribution is 2.36. The predicted molar refractivity (Wildman–Crippen MR) is 57.2 cm³/mol. The molecular formula is C7H7Cl4NO2. The summed E-state index contributed by atoms with van der Waals surface area (Å²) in [6.45, 7) is 1.39. The molecule has 0 aromatic rings. The number of hydrogen-bond acceptors (Lipinski definition) is 3. The van der Waals surface area contributed by atoms with Gasteiger partial charge in [-0.3, -0.25) is 0 Å². The molecule has 1 aliphatic heterocycles. The summed E-state index contributed by atoms with van der Waals surface area (Å²) in [5, 5.41) is 10.4. The fourth-order valence-electron chi connectivity index (χ4n) is 0.849. The van der Waals surface area contributed by atoms with Crippen LogP contribution >= 0.6 is 46.4 Å². The van der Waals surface area contributed by atoms with Crippen LogP contribution in [0.1, 0.15) is 6.92 Å². The first kappa shape index (κ1) is 12.4. The van der Waals surface area contributed by atoms with Crippen LogP contribution in [0.3, 0.4) is 0 Å². The Hall–Kier alpha value is 0.360. The first-order valence-electron chi connectivity index (χ1n) is 3.61. The maximum Gasteiger partial charge on any atom is 0.257 e. The van der Waals surface area contributed by atoms with Crippen molar-refractivity contribution in [1.82, 2.24) is 5.32 Å². The summed E-state index contributed by atoms with van der Waals surface area (Å²) in [6, 6.07) is 0. The highest BCUT2D eigenvalue weighted by Gasteiger charge is 2.37. The Morgan fingerprint density at radius 2 is 2.07 bits per heavy atom. The summed E-state index contributed by atoms with van der Waals surface area (Å²) in [4.78, 5) is 0. The molecule has 2 N–H and O–H groups in total. The number of aliphatic hydroxyl groups is 1. The Bertz CT molecular complexity index is 302. The lowest BCUT2D eigenvalue weighted by atomic mass is 10.3. The van der Waals surface area contributed by atoms with E-state index in [4.69, 9.17) is 56.2 Å². The van der Waals surface area contributed by atoms with Crippen molar-refractivity contribution in [3.05, 3.63) is 21.3 Å². The number of hydrogen-bond donors (Lipinski definition) is 2. The second-order valence-corrected chi connectivity index (χ2v) is 4.32. The van der Waals surface area contributed by atoms with E-state index in [1.54, 1.807) is 0 Å². The maximum atomic E-state index is 9.02. The number of aliphatic hydroxyl groups excluding tert-OH is 1.